The molecule has 0 unspecified atom stereocenters. The van der Waals surface area contributed by atoms with E-state index in [9.17, 15) is 4.39 Å². The number of methoxy groups -OCH3 is 1. The van der Waals surface area contributed by atoms with Crippen molar-refractivity contribution in [3.8, 4) is 11.8 Å². The maximum atomic E-state index is 13.6. The summed E-state index contributed by atoms with van der Waals surface area (Å²) >= 11 is 0. The van der Waals surface area contributed by atoms with Gasteiger partial charge in [0, 0.05) is 11.6 Å². The third-order valence-electron chi connectivity index (χ3n) is 3.19. The second-order valence-corrected chi connectivity index (χ2v) is 4.87. The molecule has 1 saturated carbocycles. The summed E-state index contributed by atoms with van der Waals surface area (Å²) in [5.74, 6) is 0.463. The van der Waals surface area contributed by atoms with Crippen molar-refractivity contribution in [2.45, 2.75) is 25.5 Å². The number of aromatic nitrogens is 2. The van der Waals surface area contributed by atoms with E-state index in [1.165, 1.54) is 0 Å². The van der Waals surface area contributed by atoms with E-state index in [1.807, 2.05) is 24.3 Å². The third-order valence-corrected chi connectivity index (χ3v) is 3.19. The first kappa shape index (κ1) is 13.6. The maximum absolute atomic E-state index is 13.6. The molecule has 1 N–H and O–H groups in total. The van der Waals surface area contributed by atoms with Crippen LogP contribution in [0.4, 0.5) is 10.2 Å². The van der Waals surface area contributed by atoms with E-state index in [0.717, 1.165) is 30.4 Å². The fourth-order valence-electron chi connectivity index (χ4n) is 1.91. The van der Waals surface area contributed by atoms with Gasteiger partial charge in [-0.2, -0.15) is 4.98 Å². The van der Waals surface area contributed by atoms with Gasteiger partial charge in [-0.15, -0.1) is 0 Å². The van der Waals surface area contributed by atoms with Crippen LogP contribution in [0.2, 0.25) is 0 Å². The zero-order chi connectivity index (χ0) is 14.7. The predicted octanol–water partition coefficient (Wildman–Crippen LogP) is 2.78. The first-order valence-electron chi connectivity index (χ1n) is 6.80. The van der Waals surface area contributed by atoms with Crippen LogP contribution in [0.5, 0.6) is 11.8 Å². The van der Waals surface area contributed by atoms with Gasteiger partial charge >= 0.3 is 6.01 Å². The van der Waals surface area contributed by atoms with Crippen LogP contribution in [-0.4, -0.2) is 23.1 Å². The molecule has 21 heavy (non-hydrogen) atoms. The highest BCUT2D eigenvalue weighted by molar-refractivity contribution is 5.39. The van der Waals surface area contributed by atoms with Crippen molar-refractivity contribution in [1.29, 1.82) is 0 Å². The number of benzene rings is 1. The number of rotatable bonds is 6. The van der Waals surface area contributed by atoms with Gasteiger partial charge in [-0.1, -0.05) is 18.2 Å². The average Bonchev–Trinajstić information content (AvgIpc) is 3.32. The summed E-state index contributed by atoms with van der Waals surface area (Å²) in [6.07, 6.45) is 3.21. The number of anilines is 1. The van der Waals surface area contributed by atoms with Crippen LogP contribution in [-0.2, 0) is 6.61 Å². The van der Waals surface area contributed by atoms with Gasteiger partial charge in [0.15, 0.2) is 11.6 Å². The lowest BCUT2D eigenvalue weighted by Crippen LogP contribution is -2.08. The number of ether oxygens (including phenoxy) is 2. The summed E-state index contributed by atoms with van der Waals surface area (Å²) in [6, 6.07) is 7.99. The van der Waals surface area contributed by atoms with Crippen LogP contribution in [0.1, 0.15) is 18.4 Å². The predicted molar refractivity (Wildman–Crippen MR) is 76.0 cm³/mol. The number of nitrogens with one attached hydrogen (secondary N) is 1. The molecule has 1 fully saturated rings. The molecular weight excluding hydrogens is 273 g/mol. The van der Waals surface area contributed by atoms with E-state index >= 15 is 0 Å². The van der Waals surface area contributed by atoms with Crippen molar-refractivity contribution in [2.75, 3.05) is 12.4 Å². The van der Waals surface area contributed by atoms with Crippen molar-refractivity contribution >= 4 is 5.82 Å². The molecule has 3 rings (SSSR count). The highest BCUT2D eigenvalue weighted by atomic mass is 19.1. The smallest absolute Gasteiger partial charge is 0.318 e. The normalized spacial score (nSPS) is 13.8. The van der Waals surface area contributed by atoms with Crippen LogP contribution in [0.15, 0.2) is 30.5 Å². The molecule has 0 amide bonds. The third kappa shape index (κ3) is 3.39. The molecule has 1 aliphatic rings. The SMILES string of the molecule is COc1ccccc1COc1ncc(F)c(NC2CC2)n1. The molecule has 0 radical (unpaired) electrons. The summed E-state index contributed by atoms with van der Waals surface area (Å²) in [5, 5.41) is 3.01. The van der Waals surface area contributed by atoms with Gasteiger partial charge in [0.25, 0.3) is 0 Å². The second kappa shape index (κ2) is 5.95. The van der Waals surface area contributed by atoms with Gasteiger partial charge in [0.2, 0.25) is 0 Å². The quantitative estimate of drug-likeness (QED) is 0.886. The molecule has 1 aliphatic carbocycles. The van der Waals surface area contributed by atoms with Crippen LogP contribution in [0.3, 0.4) is 0 Å². The molecule has 2 aromatic rings. The van der Waals surface area contributed by atoms with E-state index in [0.29, 0.717) is 6.04 Å². The second-order valence-electron chi connectivity index (χ2n) is 4.87. The molecule has 0 aliphatic heterocycles. The van der Waals surface area contributed by atoms with Gasteiger partial charge in [-0.25, -0.2) is 9.37 Å². The Labute approximate surface area is 122 Å². The molecule has 6 heteroatoms. The average molecular weight is 289 g/mol. The fraction of sp³-hybridized carbons (Fsp3) is 0.333. The molecule has 0 bridgehead atoms. The minimum absolute atomic E-state index is 0.144. The number of para-hydroxylation sites is 1. The standard InChI is InChI=1S/C15H16FN3O2/c1-20-13-5-3-2-4-10(13)9-21-15-17-8-12(16)14(19-15)18-11-6-7-11/h2-5,8,11H,6-7,9H2,1H3,(H,17,18,19). The molecule has 0 atom stereocenters. The minimum atomic E-state index is -0.466. The van der Waals surface area contributed by atoms with Crippen molar-refractivity contribution in [1.82, 2.24) is 9.97 Å². The molecule has 0 spiro atoms. The van der Waals surface area contributed by atoms with E-state index in [1.54, 1.807) is 7.11 Å². The first-order valence-corrected chi connectivity index (χ1v) is 6.80. The van der Waals surface area contributed by atoms with Gasteiger partial charge in [0.05, 0.1) is 13.3 Å². The van der Waals surface area contributed by atoms with Crippen LogP contribution < -0.4 is 14.8 Å². The maximum Gasteiger partial charge on any atom is 0.318 e. The Balaban J connectivity index is 1.69. The van der Waals surface area contributed by atoms with Crippen molar-refractivity contribution in [2.24, 2.45) is 0 Å². The van der Waals surface area contributed by atoms with E-state index in [4.69, 9.17) is 9.47 Å². The van der Waals surface area contributed by atoms with Crippen molar-refractivity contribution in [3.63, 3.8) is 0 Å². The van der Waals surface area contributed by atoms with Crippen LogP contribution in [0.25, 0.3) is 0 Å². The Hall–Kier alpha value is -2.37. The zero-order valence-corrected chi connectivity index (χ0v) is 11.7. The molecule has 1 aromatic heterocycles. The summed E-state index contributed by atoms with van der Waals surface area (Å²) < 4.78 is 24.3. The Morgan fingerprint density at radius 2 is 2.14 bits per heavy atom. The molecule has 110 valence electrons. The Morgan fingerprint density at radius 1 is 1.33 bits per heavy atom. The van der Waals surface area contributed by atoms with Crippen molar-refractivity contribution in [3.05, 3.63) is 41.8 Å². The fourth-order valence-corrected chi connectivity index (χ4v) is 1.91. The zero-order valence-electron chi connectivity index (χ0n) is 11.7. The summed E-state index contributed by atoms with van der Waals surface area (Å²) in [6.45, 7) is 0.262. The summed E-state index contributed by atoms with van der Waals surface area (Å²) in [4.78, 5) is 7.91. The summed E-state index contributed by atoms with van der Waals surface area (Å²) in [7, 11) is 1.60. The topological polar surface area (TPSA) is 56.3 Å². The molecular formula is C15H16FN3O2. The lowest BCUT2D eigenvalue weighted by atomic mass is 10.2. The van der Waals surface area contributed by atoms with Gasteiger partial charge in [-0.3, -0.25) is 0 Å². The Kier molecular flexibility index (Phi) is 3.85. The monoisotopic (exact) mass is 289 g/mol. The largest absolute Gasteiger partial charge is 0.496 e. The lowest BCUT2D eigenvalue weighted by molar-refractivity contribution is 0.273. The Bertz CT molecular complexity index is 632. The summed E-state index contributed by atoms with van der Waals surface area (Å²) in [5.41, 5.74) is 0.879. The van der Waals surface area contributed by atoms with Crippen LogP contribution >= 0.6 is 0 Å². The number of hydrogen-bond acceptors (Lipinski definition) is 5. The highest BCUT2D eigenvalue weighted by Crippen LogP contribution is 2.26. The van der Waals surface area contributed by atoms with Gasteiger partial charge in [0.1, 0.15) is 12.4 Å². The molecule has 1 heterocycles. The lowest BCUT2D eigenvalue weighted by Gasteiger charge is -2.10. The van der Waals surface area contributed by atoms with E-state index in [-0.39, 0.29) is 18.4 Å². The Morgan fingerprint density at radius 3 is 2.90 bits per heavy atom. The highest BCUT2D eigenvalue weighted by Gasteiger charge is 2.23. The number of halogens is 1. The van der Waals surface area contributed by atoms with Gasteiger partial charge in [-0.05, 0) is 18.9 Å². The molecule has 0 saturated heterocycles. The first-order chi connectivity index (χ1) is 10.3. The number of nitrogens with zero attached hydrogens (tertiary/aromatic N) is 2. The van der Waals surface area contributed by atoms with E-state index < -0.39 is 5.82 Å². The minimum Gasteiger partial charge on any atom is -0.496 e. The van der Waals surface area contributed by atoms with Gasteiger partial charge < -0.3 is 14.8 Å². The van der Waals surface area contributed by atoms with Crippen LogP contribution in [0, 0.1) is 5.82 Å². The van der Waals surface area contributed by atoms with E-state index in [2.05, 4.69) is 15.3 Å². The number of hydrogen-bond donors (Lipinski definition) is 1. The van der Waals surface area contributed by atoms with Crippen molar-refractivity contribution < 1.29 is 13.9 Å². The molecule has 1 aromatic carbocycles. The molecule has 5 nitrogen and oxygen atoms in total.